The van der Waals surface area contributed by atoms with E-state index >= 15 is 0 Å². The summed E-state index contributed by atoms with van der Waals surface area (Å²) >= 11 is 0. The number of nitrogens with one attached hydrogen (secondary N) is 1. The molecule has 0 saturated heterocycles. The molecule has 8 nitrogen and oxygen atoms in total. The van der Waals surface area contributed by atoms with Gasteiger partial charge in [0.1, 0.15) is 6.61 Å². The average molecular weight is 437 g/mol. The molecule has 0 aliphatic heterocycles. The molecule has 0 aliphatic carbocycles. The summed E-state index contributed by atoms with van der Waals surface area (Å²) in [6.07, 6.45) is -4.12. The van der Waals surface area contributed by atoms with Crippen molar-refractivity contribution in [2.45, 2.75) is 18.3 Å². The second-order valence-electron chi connectivity index (χ2n) is 6.91. The minimum absolute atomic E-state index is 0.0559. The van der Waals surface area contributed by atoms with Gasteiger partial charge in [0.15, 0.2) is 0 Å². The zero-order valence-corrected chi connectivity index (χ0v) is 16.0. The molecule has 0 bridgehead atoms. The van der Waals surface area contributed by atoms with Crippen LogP contribution in [0.3, 0.4) is 0 Å². The number of hydrogen-bond acceptors (Lipinski definition) is 5. The molecular formula is C20H18F3N3O5. The molecule has 2 aromatic carbocycles. The third-order valence-corrected chi connectivity index (χ3v) is 4.87. The predicted molar refractivity (Wildman–Crippen MR) is 104 cm³/mol. The smallest absolute Gasteiger partial charge is 0.387 e. The summed E-state index contributed by atoms with van der Waals surface area (Å²) in [6, 6.07) is 12.0. The van der Waals surface area contributed by atoms with Crippen molar-refractivity contribution in [2.24, 2.45) is 0 Å². The van der Waals surface area contributed by atoms with Crippen LogP contribution >= 0.6 is 0 Å². The zero-order valence-electron chi connectivity index (χ0n) is 16.0. The third kappa shape index (κ3) is 4.37. The van der Waals surface area contributed by atoms with Gasteiger partial charge in [0.25, 0.3) is 5.69 Å². The standard InChI is InChI=1S/C20H18F3N3O5/c21-20(22,23)19(29,12-24-18(28)11-27)16-10-25(9-13-4-2-1-3-5-13)17-8-14(26(30)31)6-7-15(16)17/h1-8,10,27,29H,9,11-12H2,(H,24,28). The Balaban J connectivity index is 2.20. The fourth-order valence-corrected chi connectivity index (χ4v) is 3.26. The van der Waals surface area contributed by atoms with Gasteiger partial charge >= 0.3 is 6.18 Å². The molecule has 0 spiro atoms. The molecule has 0 saturated carbocycles. The molecule has 3 N–H and O–H groups in total. The number of benzene rings is 2. The maximum atomic E-state index is 13.9. The lowest BCUT2D eigenvalue weighted by Crippen LogP contribution is -2.51. The van der Waals surface area contributed by atoms with Gasteiger partial charge in [-0.25, -0.2) is 0 Å². The lowest BCUT2D eigenvalue weighted by molar-refractivity contribution is -0.384. The van der Waals surface area contributed by atoms with Gasteiger partial charge in [-0.05, 0) is 11.6 Å². The lowest BCUT2D eigenvalue weighted by Gasteiger charge is -2.30. The van der Waals surface area contributed by atoms with Crippen LogP contribution in [0.25, 0.3) is 10.9 Å². The number of amides is 1. The number of aliphatic hydroxyl groups excluding tert-OH is 1. The normalized spacial score (nSPS) is 13.7. The fraction of sp³-hybridized carbons (Fsp3) is 0.250. The van der Waals surface area contributed by atoms with Crippen molar-refractivity contribution in [1.82, 2.24) is 9.88 Å². The molecule has 1 heterocycles. The van der Waals surface area contributed by atoms with Crippen molar-refractivity contribution in [3.63, 3.8) is 0 Å². The van der Waals surface area contributed by atoms with Gasteiger partial charge in [0, 0.05) is 35.8 Å². The number of hydrogen-bond donors (Lipinski definition) is 3. The Bertz CT molecular complexity index is 1110. The van der Waals surface area contributed by atoms with Crippen molar-refractivity contribution < 1.29 is 33.1 Å². The highest BCUT2D eigenvalue weighted by atomic mass is 19.4. The van der Waals surface area contributed by atoms with Gasteiger partial charge in [-0.15, -0.1) is 0 Å². The zero-order chi connectivity index (χ0) is 22.8. The first-order valence-electron chi connectivity index (χ1n) is 9.05. The van der Waals surface area contributed by atoms with E-state index < -0.39 is 41.3 Å². The molecule has 11 heteroatoms. The van der Waals surface area contributed by atoms with Crippen molar-refractivity contribution >= 4 is 22.5 Å². The first kappa shape index (κ1) is 22.2. The number of nitro benzene ring substituents is 1. The molecule has 1 atom stereocenters. The monoisotopic (exact) mass is 437 g/mol. The number of non-ortho nitro benzene ring substituents is 1. The molecule has 1 aromatic heterocycles. The van der Waals surface area contributed by atoms with Crippen LogP contribution in [0.15, 0.2) is 54.7 Å². The largest absolute Gasteiger partial charge is 0.423 e. The number of carbonyl (C=O) groups excluding carboxylic acids is 1. The summed E-state index contributed by atoms with van der Waals surface area (Å²) in [5.41, 5.74) is -3.55. The van der Waals surface area contributed by atoms with E-state index in [0.717, 1.165) is 30.0 Å². The van der Waals surface area contributed by atoms with Crippen LogP contribution in [0.2, 0.25) is 0 Å². The number of nitrogens with zero attached hydrogens (tertiary/aromatic N) is 2. The summed E-state index contributed by atoms with van der Waals surface area (Å²) in [5.74, 6) is -1.09. The number of nitro groups is 1. The minimum atomic E-state index is -5.19. The Kier molecular flexibility index (Phi) is 6.00. The van der Waals surface area contributed by atoms with Gasteiger partial charge in [-0.1, -0.05) is 30.3 Å². The molecule has 0 radical (unpaired) electrons. The van der Waals surface area contributed by atoms with E-state index in [-0.39, 0.29) is 23.1 Å². The fourth-order valence-electron chi connectivity index (χ4n) is 3.26. The van der Waals surface area contributed by atoms with Crippen LogP contribution in [0.4, 0.5) is 18.9 Å². The maximum absolute atomic E-state index is 13.9. The SMILES string of the molecule is O=C(CO)NCC(O)(c1cn(Cc2ccccc2)c2cc([N+](=O)[O-])ccc12)C(F)(F)F. The molecule has 164 valence electrons. The van der Waals surface area contributed by atoms with E-state index in [1.165, 1.54) is 4.57 Å². The van der Waals surface area contributed by atoms with E-state index in [9.17, 15) is 33.2 Å². The topological polar surface area (TPSA) is 118 Å². The van der Waals surface area contributed by atoms with Crippen LogP contribution in [0.1, 0.15) is 11.1 Å². The van der Waals surface area contributed by atoms with E-state index in [1.807, 2.05) is 5.32 Å². The summed E-state index contributed by atoms with van der Waals surface area (Å²) < 4.78 is 43.2. The van der Waals surface area contributed by atoms with Gasteiger partial charge in [0.05, 0.1) is 17.0 Å². The van der Waals surface area contributed by atoms with Crippen molar-refractivity contribution in [3.05, 3.63) is 76.0 Å². The number of rotatable bonds is 7. The van der Waals surface area contributed by atoms with Crippen LogP contribution in [-0.2, 0) is 16.9 Å². The Morgan fingerprint density at radius 1 is 1.16 bits per heavy atom. The highest BCUT2D eigenvalue weighted by molar-refractivity contribution is 5.87. The first-order chi connectivity index (χ1) is 14.6. The van der Waals surface area contributed by atoms with Crippen LogP contribution in [-0.4, -0.2) is 44.9 Å². The van der Waals surface area contributed by atoms with E-state index in [1.54, 1.807) is 30.3 Å². The molecule has 0 fully saturated rings. The molecule has 31 heavy (non-hydrogen) atoms. The molecule has 3 rings (SSSR count). The first-order valence-corrected chi connectivity index (χ1v) is 9.05. The van der Waals surface area contributed by atoms with E-state index in [0.29, 0.717) is 0 Å². The predicted octanol–water partition coefficient (Wildman–Crippen LogP) is 2.46. The number of aromatic nitrogens is 1. The number of fused-ring (bicyclic) bond motifs is 1. The second kappa shape index (κ2) is 8.36. The molecule has 3 aromatic rings. The lowest BCUT2D eigenvalue weighted by atomic mass is 9.92. The molecular weight excluding hydrogens is 419 g/mol. The summed E-state index contributed by atoms with van der Waals surface area (Å²) in [7, 11) is 0. The van der Waals surface area contributed by atoms with Gasteiger partial charge < -0.3 is 20.1 Å². The Morgan fingerprint density at radius 3 is 2.42 bits per heavy atom. The van der Waals surface area contributed by atoms with Crippen LogP contribution in [0, 0.1) is 10.1 Å². The van der Waals surface area contributed by atoms with Gasteiger partial charge in [0.2, 0.25) is 11.5 Å². The maximum Gasteiger partial charge on any atom is 0.423 e. The quantitative estimate of drug-likeness (QED) is 0.388. The van der Waals surface area contributed by atoms with Crippen LogP contribution < -0.4 is 5.32 Å². The third-order valence-electron chi connectivity index (χ3n) is 4.87. The second-order valence-corrected chi connectivity index (χ2v) is 6.91. The van der Waals surface area contributed by atoms with E-state index in [2.05, 4.69) is 0 Å². The molecule has 1 amide bonds. The summed E-state index contributed by atoms with van der Waals surface area (Å²) in [5, 5.41) is 32.4. The highest BCUT2D eigenvalue weighted by Crippen LogP contribution is 2.43. The summed E-state index contributed by atoms with van der Waals surface area (Å²) in [6.45, 7) is -2.19. The Labute approximate surface area is 173 Å². The number of carbonyl (C=O) groups is 1. The highest BCUT2D eigenvalue weighted by Gasteiger charge is 2.56. The minimum Gasteiger partial charge on any atom is -0.387 e. The van der Waals surface area contributed by atoms with Crippen molar-refractivity contribution in [2.75, 3.05) is 13.2 Å². The van der Waals surface area contributed by atoms with Crippen molar-refractivity contribution in [3.8, 4) is 0 Å². The van der Waals surface area contributed by atoms with E-state index in [4.69, 9.17) is 5.11 Å². The Hall–Kier alpha value is -3.44. The Morgan fingerprint density at radius 2 is 1.84 bits per heavy atom. The van der Waals surface area contributed by atoms with Gasteiger partial charge in [-0.3, -0.25) is 14.9 Å². The number of halogens is 3. The average Bonchev–Trinajstić information content (AvgIpc) is 3.09. The molecule has 1 unspecified atom stereocenters. The van der Waals surface area contributed by atoms with Crippen molar-refractivity contribution in [1.29, 1.82) is 0 Å². The van der Waals surface area contributed by atoms with Crippen LogP contribution in [0.5, 0.6) is 0 Å². The summed E-state index contributed by atoms with van der Waals surface area (Å²) in [4.78, 5) is 21.8. The number of aliphatic hydroxyl groups is 2. The molecule has 0 aliphatic rings. The number of alkyl halides is 3. The van der Waals surface area contributed by atoms with Gasteiger partial charge in [-0.2, -0.15) is 13.2 Å².